The summed E-state index contributed by atoms with van der Waals surface area (Å²) in [6.45, 7) is 3.19. The highest BCUT2D eigenvalue weighted by Gasteiger charge is 2.01. The van der Waals surface area contributed by atoms with E-state index >= 15 is 0 Å². The van der Waals surface area contributed by atoms with Gasteiger partial charge < -0.3 is 14.6 Å². The second kappa shape index (κ2) is 4.49. The van der Waals surface area contributed by atoms with E-state index in [4.69, 9.17) is 0 Å². The van der Waals surface area contributed by atoms with Crippen LogP contribution in [0.1, 0.15) is 12.8 Å². The van der Waals surface area contributed by atoms with Gasteiger partial charge in [-0.15, -0.1) is 0 Å². The van der Waals surface area contributed by atoms with E-state index in [1.807, 2.05) is 0 Å². The number of rotatable bonds is 4. The summed E-state index contributed by atoms with van der Waals surface area (Å²) in [5.74, 6) is -1.78. The van der Waals surface area contributed by atoms with Gasteiger partial charge >= 0.3 is 5.97 Å². The maximum absolute atomic E-state index is 10.5. The highest BCUT2D eigenvalue weighted by Crippen LogP contribution is 2.01. The van der Waals surface area contributed by atoms with Gasteiger partial charge in [0.1, 0.15) is 0 Å². The molecule has 62 valence electrons. The quantitative estimate of drug-likeness (QED) is 0.397. The van der Waals surface area contributed by atoms with Crippen LogP contribution in [0.4, 0.5) is 0 Å². The normalized spacial score (nSPS) is 8.82. The number of ether oxygens (including phenoxy) is 1. The van der Waals surface area contributed by atoms with Crippen molar-refractivity contribution < 1.29 is 19.4 Å². The molecule has 0 saturated carbocycles. The van der Waals surface area contributed by atoms with Crippen molar-refractivity contribution in [3.63, 3.8) is 0 Å². The molecule has 0 aromatic heterocycles. The van der Waals surface area contributed by atoms with Gasteiger partial charge in [0.15, 0.2) is 0 Å². The maximum Gasteiger partial charge on any atom is 0.305 e. The van der Waals surface area contributed by atoms with Crippen LogP contribution in [0.5, 0.6) is 0 Å². The predicted octanol–water partition coefficient (Wildman–Crippen LogP) is -0.754. The van der Waals surface area contributed by atoms with E-state index < -0.39 is 11.9 Å². The Morgan fingerprint density at radius 3 is 2.36 bits per heavy atom. The zero-order valence-electron chi connectivity index (χ0n) is 6.25. The van der Waals surface area contributed by atoms with Crippen molar-refractivity contribution in [2.24, 2.45) is 0 Å². The Bertz CT molecular complexity index is 183. The Morgan fingerprint density at radius 1 is 1.45 bits per heavy atom. The third-order valence-electron chi connectivity index (χ3n) is 1.15. The van der Waals surface area contributed by atoms with E-state index in [0.717, 1.165) is 0 Å². The minimum atomic E-state index is -1.33. The standard InChI is InChI=1S/C7H10O4/c1-5(7(9)10)3-4-6(8)11-2/h1,3-4H2,2H3,(H,9,10)/p-1. The number of carbonyl (C=O) groups is 2. The van der Waals surface area contributed by atoms with Gasteiger partial charge in [-0.25, -0.2) is 0 Å². The Hall–Kier alpha value is -1.32. The SMILES string of the molecule is C=C(CCC(=O)OC)C(=O)[O-]. The molecule has 4 heteroatoms. The summed E-state index contributed by atoms with van der Waals surface area (Å²) in [7, 11) is 1.24. The second-order valence-electron chi connectivity index (χ2n) is 1.97. The average Bonchev–Trinajstić information content (AvgIpc) is 1.99. The lowest BCUT2D eigenvalue weighted by Gasteiger charge is -2.04. The average molecular weight is 157 g/mol. The smallest absolute Gasteiger partial charge is 0.305 e. The van der Waals surface area contributed by atoms with E-state index in [1.165, 1.54) is 7.11 Å². The van der Waals surface area contributed by atoms with E-state index in [-0.39, 0.29) is 18.4 Å². The van der Waals surface area contributed by atoms with E-state index in [2.05, 4.69) is 11.3 Å². The van der Waals surface area contributed by atoms with Crippen LogP contribution in [-0.4, -0.2) is 19.0 Å². The molecule has 0 spiro atoms. The molecule has 0 aliphatic carbocycles. The molecule has 0 fully saturated rings. The lowest BCUT2D eigenvalue weighted by Crippen LogP contribution is -2.24. The monoisotopic (exact) mass is 157 g/mol. The lowest BCUT2D eigenvalue weighted by atomic mass is 10.2. The van der Waals surface area contributed by atoms with Crippen LogP contribution in [0.3, 0.4) is 0 Å². The van der Waals surface area contributed by atoms with Crippen molar-refractivity contribution in [1.82, 2.24) is 0 Å². The van der Waals surface area contributed by atoms with Gasteiger partial charge in [-0.05, 0) is 12.0 Å². The van der Waals surface area contributed by atoms with Crippen LogP contribution in [0.15, 0.2) is 12.2 Å². The summed E-state index contributed by atoms with van der Waals surface area (Å²) in [5.41, 5.74) is -0.0876. The number of esters is 1. The van der Waals surface area contributed by atoms with Gasteiger partial charge in [-0.2, -0.15) is 0 Å². The van der Waals surface area contributed by atoms with Crippen LogP contribution in [0, 0.1) is 0 Å². The van der Waals surface area contributed by atoms with Crippen molar-refractivity contribution in [3.8, 4) is 0 Å². The number of carboxylic acids is 1. The van der Waals surface area contributed by atoms with Crippen LogP contribution >= 0.6 is 0 Å². The molecular weight excluding hydrogens is 148 g/mol. The molecule has 0 aliphatic heterocycles. The summed E-state index contributed by atoms with van der Waals surface area (Å²) < 4.78 is 4.29. The lowest BCUT2D eigenvalue weighted by molar-refractivity contribution is -0.299. The highest BCUT2D eigenvalue weighted by atomic mass is 16.5. The van der Waals surface area contributed by atoms with Crippen molar-refractivity contribution in [2.75, 3.05) is 7.11 Å². The van der Waals surface area contributed by atoms with Crippen molar-refractivity contribution in [1.29, 1.82) is 0 Å². The van der Waals surface area contributed by atoms with Crippen LogP contribution in [0.2, 0.25) is 0 Å². The fraction of sp³-hybridized carbons (Fsp3) is 0.429. The Kier molecular flexibility index (Phi) is 3.95. The zero-order chi connectivity index (χ0) is 8.85. The summed E-state index contributed by atoms with van der Waals surface area (Å²) in [4.78, 5) is 20.5. The first-order valence-corrected chi connectivity index (χ1v) is 3.04. The third-order valence-corrected chi connectivity index (χ3v) is 1.15. The molecule has 4 nitrogen and oxygen atoms in total. The molecule has 0 aromatic carbocycles. The number of carbonyl (C=O) groups excluding carboxylic acids is 2. The molecule has 0 radical (unpaired) electrons. The number of aliphatic carboxylic acids is 1. The Labute approximate surface area is 64.5 Å². The minimum absolute atomic E-state index is 0.0311. The topological polar surface area (TPSA) is 66.4 Å². The Balaban J connectivity index is 3.63. The molecular formula is C7H9O4-. The van der Waals surface area contributed by atoms with E-state index in [1.54, 1.807) is 0 Å². The van der Waals surface area contributed by atoms with E-state index in [0.29, 0.717) is 0 Å². The van der Waals surface area contributed by atoms with Gasteiger partial charge in [-0.3, -0.25) is 4.79 Å². The summed E-state index contributed by atoms with van der Waals surface area (Å²) in [5, 5.41) is 10.0. The van der Waals surface area contributed by atoms with Crippen molar-refractivity contribution in [2.45, 2.75) is 12.8 Å². The summed E-state index contributed by atoms with van der Waals surface area (Å²) in [6, 6.07) is 0. The van der Waals surface area contributed by atoms with Gasteiger partial charge in [0.25, 0.3) is 0 Å². The molecule has 11 heavy (non-hydrogen) atoms. The molecule has 0 saturated heterocycles. The molecule has 0 atom stereocenters. The molecule has 0 bridgehead atoms. The first-order valence-electron chi connectivity index (χ1n) is 3.04. The predicted molar refractivity (Wildman–Crippen MR) is 35.4 cm³/mol. The van der Waals surface area contributed by atoms with Gasteiger partial charge in [0.05, 0.1) is 13.1 Å². The van der Waals surface area contributed by atoms with Crippen LogP contribution in [0.25, 0.3) is 0 Å². The number of carboxylic acid groups (broad SMARTS) is 1. The first kappa shape index (κ1) is 9.68. The minimum Gasteiger partial charge on any atom is -0.545 e. The molecule has 0 amide bonds. The fourth-order valence-electron chi connectivity index (χ4n) is 0.457. The molecule has 0 aliphatic rings. The zero-order valence-corrected chi connectivity index (χ0v) is 6.25. The maximum atomic E-state index is 10.5. The van der Waals surface area contributed by atoms with Crippen LogP contribution in [-0.2, 0) is 14.3 Å². The molecule has 0 heterocycles. The number of hydrogen-bond donors (Lipinski definition) is 0. The third kappa shape index (κ3) is 4.13. The van der Waals surface area contributed by atoms with Crippen molar-refractivity contribution >= 4 is 11.9 Å². The van der Waals surface area contributed by atoms with Gasteiger partial charge in [-0.1, -0.05) is 6.58 Å². The number of methoxy groups -OCH3 is 1. The molecule has 0 rings (SSSR count). The first-order chi connectivity index (χ1) is 5.07. The molecule has 0 unspecified atom stereocenters. The second-order valence-corrected chi connectivity index (χ2v) is 1.97. The Morgan fingerprint density at radius 2 is 2.00 bits per heavy atom. The number of hydrogen-bond acceptors (Lipinski definition) is 4. The van der Waals surface area contributed by atoms with Crippen molar-refractivity contribution in [3.05, 3.63) is 12.2 Å². The summed E-state index contributed by atoms with van der Waals surface area (Å²) >= 11 is 0. The molecule has 0 N–H and O–H groups in total. The van der Waals surface area contributed by atoms with Gasteiger partial charge in [0, 0.05) is 6.42 Å². The highest BCUT2D eigenvalue weighted by molar-refractivity contribution is 5.84. The van der Waals surface area contributed by atoms with E-state index in [9.17, 15) is 14.7 Å². The molecule has 0 aromatic rings. The largest absolute Gasteiger partial charge is 0.545 e. The fourth-order valence-corrected chi connectivity index (χ4v) is 0.457. The van der Waals surface area contributed by atoms with Gasteiger partial charge in [0.2, 0.25) is 0 Å². The van der Waals surface area contributed by atoms with Crippen LogP contribution < -0.4 is 5.11 Å². The summed E-state index contributed by atoms with van der Waals surface area (Å²) in [6.07, 6.45) is 0.109.